The number of urea groups is 1. The number of benzene rings is 3. The molecule has 0 radical (unpaired) electrons. The smallest absolute Gasteiger partial charge is 0.339 e. The fraction of sp³-hybridized carbons (Fsp3) is 0. The molecule has 30 heavy (non-hydrogen) atoms. The van der Waals surface area contributed by atoms with Gasteiger partial charge in [0.05, 0.1) is 0 Å². The van der Waals surface area contributed by atoms with Crippen molar-refractivity contribution in [3.05, 3.63) is 77.9 Å². The minimum absolute atomic E-state index is 0.0394. The molecule has 4 amide bonds. The first-order valence-corrected chi connectivity index (χ1v) is 10.1. The molecule has 1 aliphatic heterocycles. The Morgan fingerprint density at radius 2 is 1.40 bits per heavy atom. The van der Waals surface area contributed by atoms with Gasteiger partial charge >= 0.3 is 16.1 Å². The normalized spacial score (nSPS) is 14.3. The number of imide groups is 2. The van der Waals surface area contributed by atoms with Crippen LogP contribution < -0.4 is 14.8 Å². The molecule has 8 nitrogen and oxygen atoms in total. The number of nitrogens with one attached hydrogen (secondary N) is 2. The Morgan fingerprint density at radius 3 is 2.13 bits per heavy atom. The van der Waals surface area contributed by atoms with Gasteiger partial charge in [0.2, 0.25) is 0 Å². The highest BCUT2D eigenvalue weighted by Crippen LogP contribution is 2.27. The fourth-order valence-corrected chi connectivity index (χ4v) is 3.92. The first-order valence-electron chi connectivity index (χ1n) is 8.74. The summed E-state index contributed by atoms with van der Waals surface area (Å²) < 4.78 is 30.9. The fourth-order valence-electron chi connectivity index (χ4n) is 2.93. The third kappa shape index (κ3) is 3.78. The molecule has 0 saturated carbocycles. The largest absolute Gasteiger partial charge is 0.378 e. The Kier molecular flexibility index (Phi) is 4.80. The Morgan fingerprint density at radius 1 is 0.767 bits per heavy atom. The molecule has 1 fully saturated rings. The number of carbonyl (C=O) groups is 3. The van der Waals surface area contributed by atoms with Crippen LogP contribution in [0.15, 0.2) is 77.2 Å². The summed E-state index contributed by atoms with van der Waals surface area (Å²) in [5.41, 5.74) is -0.176. The molecule has 3 aromatic rings. The lowest BCUT2D eigenvalue weighted by Crippen LogP contribution is -2.51. The summed E-state index contributed by atoms with van der Waals surface area (Å²) in [5.74, 6) is -1.86. The third-order valence-corrected chi connectivity index (χ3v) is 5.60. The van der Waals surface area contributed by atoms with Crippen LogP contribution >= 0.6 is 0 Å². The molecule has 0 aliphatic carbocycles. The summed E-state index contributed by atoms with van der Waals surface area (Å²) in [7, 11) is -4.19. The molecular formula is C21H14N2O6S. The van der Waals surface area contributed by atoms with Gasteiger partial charge in [0, 0.05) is 5.56 Å². The van der Waals surface area contributed by atoms with Gasteiger partial charge in [0.15, 0.2) is 0 Å². The van der Waals surface area contributed by atoms with Crippen LogP contribution in [0.3, 0.4) is 0 Å². The molecule has 1 aliphatic rings. The van der Waals surface area contributed by atoms with Gasteiger partial charge in [-0.15, -0.1) is 0 Å². The summed E-state index contributed by atoms with van der Waals surface area (Å²) in [4.78, 5) is 35.0. The number of barbiturate groups is 1. The van der Waals surface area contributed by atoms with Gasteiger partial charge in [-0.05, 0) is 35.0 Å². The SMILES string of the molecule is O=C1NC(=O)C(=Cc2ccccc2OS(=O)(=O)c2ccc3ccccc3c2)C(=O)N1. The van der Waals surface area contributed by atoms with E-state index in [2.05, 4.69) is 0 Å². The van der Waals surface area contributed by atoms with Crippen LogP contribution in [0.1, 0.15) is 5.56 Å². The number of carbonyl (C=O) groups excluding carboxylic acids is 3. The van der Waals surface area contributed by atoms with Gasteiger partial charge < -0.3 is 4.18 Å². The van der Waals surface area contributed by atoms with Crippen molar-refractivity contribution in [2.24, 2.45) is 0 Å². The molecule has 3 aromatic carbocycles. The molecule has 4 rings (SSSR count). The van der Waals surface area contributed by atoms with Crippen molar-refractivity contribution >= 4 is 44.8 Å². The zero-order valence-electron chi connectivity index (χ0n) is 15.3. The molecule has 9 heteroatoms. The zero-order valence-corrected chi connectivity index (χ0v) is 16.1. The quantitative estimate of drug-likeness (QED) is 0.379. The number of fused-ring (bicyclic) bond motifs is 1. The molecule has 0 spiro atoms. The highest BCUT2D eigenvalue weighted by atomic mass is 32.2. The molecular weight excluding hydrogens is 408 g/mol. The second kappa shape index (κ2) is 7.45. The maximum Gasteiger partial charge on any atom is 0.339 e. The summed E-state index contributed by atoms with van der Waals surface area (Å²) in [5, 5.41) is 5.52. The zero-order chi connectivity index (χ0) is 21.3. The first-order chi connectivity index (χ1) is 14.3. The van der Waals surface area contributed by atoms with Gasteiger partial charge in [-0.1, -0.05) is 48.5 Å². The third-order valence-electron chi connectivity index (χ3n) is 4.37. The second-order valence-corrected chi connectivity index (χ2v) is 7.93. The van der Waals surface area contributed by atoms with Gasteiger partial charge in [-0.25, -0.2) is 4.79 Å². The predicted octanol–water partition coefficient (Wildman–Crippen LogP) is 2.36. The average Bonchev–Trinajstić information content (AvgIpc) is 2.71. The van der Waals surface area contributed by atoms with Crippen molar-refractivity contribution < 1.29 is 27.0 Å². The van der Waals surface area contributed by atoms with Crippen molar-refractivity contribution in [3.63, 3.8) is 0 Å². The Balaban J connectivity index is 1.70. The van der Waals surface area contributed by atoms with E-state index >= 15 is 0 Å². The number of para-hydroxylation sites is 1. The van der Waals surface area contributed by atoms with Crippen molar-refractivity contribution in [1.82, 2.24) is 10.6 Å². The van der Waals surface area contributed by atoms with Crippen LogP contribution in [0, 0.1) is 0 Å². The molecule has 1 saturated heterocycles. The number of hydrogen-bond donors (Lipinski definition) is 2. The van der Waals surface area contributed by atoms with E-state index in [4.69, 9.17) is 4.18 Å². The first kappa shape index (κ1) is 19.3. The van der Waals surface area contributed by atoms with Crippen LogP contribution in [0.4, 0.5) is 4.79 Å². The van der Waals surface area contributed by atoms with Gasteiger partial charge in [0.25, 0.3) is 11.8 Å². The van der Waals surface area contributed by atoms with Crippen LogP contribution in [-0.4, -0.2) is 26.3 Å². The van der Waals surface area contributed by atoms with Crippen molar-refractivity contribution in [2.75, 3.05) is 0 Å². The molecule has 150 valence electrons. The maximum atomic E-state index is 12.8. The number of rotatable bonds is 4. The van der Waals surface area contributed by atoms with E-state index in [0.717, 1.165) is 16.8 Å². The van der Waals surface area contributed by atoms with Crippen LogP contribution in [0.25, 0.3) is 16.8 Å². The Bertz CT molecular complexity index is 1320. The van der Waals surface area contributed by atoms with Crippen molar-refractivity contribution in [1.29, 1.82) is 0 Å². The van der Waals surface area contributed by atoms with E-state index < -0.39 is 28.0 Å². The summed E-state index contributed by atoms with van der Waals surface area (Å²) in [6, 6.07) is 17.0. The molecule has 0 atom stereocenters. The molecule has 0 unspecified atom stereocenters. The van der Waals surface area contributed by atoms with E-state index in [-0.39, 0.29) is 21.8 Å². The summed E-state index contributed by atoms with van der Waals surface area (Å²) in [6.07, 6.45) is 1.16. The second-order valence-electron chi connectivity index (χ2n) is 6.38. The van der Waals surface area contributed by atoms with E-state index in [1.165, 1.54) is 24.3 Å². The Hall–Kier alpha value is -3.98. The monoisotopic (exact) mass is 422 g/mol. The van der Waals surface area contributed by atoms with E-state index in [9.17, 15) is 22.8 Å². The van der Waals surface area contributed by atoms with Crippen molar-refractivity contribution in [3.8, 4) is 5.75 Å². The lowest BCUT2D eigenvalue weighted by Gasteiger charge is -2.15. The molecule has 2 N–H and O–H groups in total. The molecule has 0 bridgehead atoms. The predicted molar refractivity (Wildman–Crippen MR) is 108 cm³/mol. The lowest BCUT2D eigenvalue weighted by atomic mass is 10.1. The van der Waals surface area contributed by atoms with Crippen LogP contribution in [0.5, 0.6) is 5.75 Å². The Labute approximate surface area is 171 Å². The molecule has 0 aromatic heterocycles. The number of amides is 4. The standard InChI is InChI=1S/C21H14N2O6S/c24-19-17(20(25)23-21(26)22-19)12-15-7-3-4-8-18(15)29-30(27,28)16-10-9-13-5-1-2-6-14(13)11-16/h1-12H,(H2,22,23,24,25,26). The van der Waals surface area contributed by atoms with Crippen molar-refractivity contribution in [2.45, 2.75) is 4.90 Å². The topological polar surface area (TPSA) is 119 Å². The van der Waals surface area contributed by atoms with E-state index in [1.54, 1.807) is 30.3 Å². The minimum Gasteiger partial charge on any atom is -0.378 e. The van der Waals surface area contributed by atoms with Gasteiger partial charge in [-0.2, -0.15) is 8.42 Å². The summed E-state index contributed by atoms with van der Waals surface area (Å²) in [6.45, 7) is 0. The van der Waals surface area contributed by atoms with E-state index in [0.29, 0.717) is 0 Å². The highest BCUT2D eigenvalue weighted by molar-refractivity contribution is 7.87. The lowest BCUT2D eigenvalue weighted by molar-refractivity contribution is -0.123. The van der Waals surface area contributed by atoms with Crippen LogP contribution in [0.2, 0.25) is 0 Å². The molecule has 1 heterocycles. The van der Waals surface area contributed by atoms with Gasteiger partial charge in [-0.3, -0.25) is 20.2 Å². The van der Waals surface area contributed by atoms with E-state index in [1.807, 2.05) is 22.8 Å². The van der Waals surface area contributed by atoms with Crippen LogP contribution in [-0.2, 0) is 19.7 Å². The summed E-state index contributed by atoms with van der Waals surface area (Å²) >= 11 is 0. The maximum absolute atomic E-state index is 12.8. The number of hydrogen-bond acceptors (Lipinski definition) is 6. The minimum atomic E-state index is -4.19. The highest BCUT2D eigenvalue weighted by Gasteiger charge is 2.28. The average molecular weight is 422 g/mol. The van der Waals surface area contributed by atoms with Gasteiger partial charge in [0.1, 0.15) is 16.2 Å².